The number of para-hydroxylation sites is 1. The highest BCUT2D eigenvalue weighted by molar-refractivity contribution is 5.92. The number of carbonyl (C=O) groups excluding carboxylic acids is 1. The predicted molar refractivity (Wildman–Crippen MR) is 118 cm³/mol. The number of carbonyl (C=O) groups is 1. The van der Waals surface area contributed by atoms with E-state index in [-0.39, 0.29) is 5.91 Å². The van der Waals surface area contributed by atoms with Gasteiger partial charge in [0.2, 0.25) is 0 Å². The molecule has 0 bridgehead atoms. The maximum atomic E-state index is 12.9. The van der Waals surface area contributed by atoms with Crippen molar-refractivity contribution in [3.8, 4) is 0 Å². The molecule has 1 fully saturated rings. The minimum Gasteiger partial charge on any atom is -0.368 e. The van der Waals surface area contributed by atoms with Crippen LogP contribution in [-0.2, 0) is 13.0 Å². The van der Waals surface area contributed by atoms with Gasteiger partial charge in [-0.1, -0.05) is 42.5 Å². The second-order valence-corrected chi connectivity index (χ2v) is 7.81. The highest BCUT2D eigenvalue weighted by Gasteiger charge is 2.24. The van der Waals surface area contributed by atoms with E-state index in [2.05, 4.69) is 56.2 Å². The fourth-order valence-corrected chi connectivity index (χ4v) is 4.25. The largest absolute Gasteiger partial charge is 0.368 e. The highest BCUT2D eigenvalue weighted by atomic mass is 16.2. The van der Waals surface area contributed by atoms with Gasteiger partial charge in [0.25, 0.3) is 5.91 Å². The molecule has 0 saturated carbocycles. The van der Waals surface area contributed by atoms with Crippen LogP contribution in [0.3, 0.4) is 0 Å². The van der Waals surface area contributed by atoms with Crippen LogP contribution in [0, 0.1) is 0 Å². The second-order valence-electron chi connectivity index (χ2n) is 7.81. The van der Waals surface area contributed by atoms with Crippen LogP contribution in [0.15, 0.2) is 67.0 Å². The van der Waals surface area contributed by atoms with Gasteiger partial charge in [-0.25, -0.2) is 9.97 Å². The molecule has 5 rings (SSSR count). The van der Waals surface area contributed by atoms with E-state index in [0.717, 1.165) is 38.4 Å². The normalized spacial score (nSPS) is 16.3. The Bertz CT molecular complexity index is 1010. The van der Waals surface area contributed by atoms with Crippen LogP contribution in [0.2, 0.25) is 0 Å². The molecule has 0 radical (unpaired) electrons. The number of aromatic nitrogens is 2. The Hall–Kier alpha value is -3.41. The molecule has 3 heterocycles. The minimum atomic E-state index is -0.0363. The van der Waals surface area contributed by atoms with E-state index in [0.29, 0.717) is 18.8 Å². The molecule has 30 heavy (non-hydrogen) atoms. The molecule has 0 spiro atoms. The molecule has 1 aromatic heterocycles. The van der Waals surface area contributed by atoms with E-state index >= 15 is 0 Å². The summed E-state index contributed by atoms with van der Waals surface area (Å²) in [5.74, 6) is 0.792. The molecule has 2 aliphatic rings. The van der Waals surface area contributed by atoms with Crippen LogP contribution >= 0.6 is 0 Å². The van der Waals surface area contributed by atoms with Gasteiger partial charge in [-0.15, -0.1) is 0 Å². The van der Waals surface area contributed by atoms with Crippen molar-refractivity contribution in [2.24, 2.45) is 0 Å². The van der Waals surface area contributed by atoms with Gasteiger partial charge in [0.15, 0.2) is 0 Å². The monoisotopic (exact) mass is 399 g/mol. The molecule has 0 atom stereocenters. The molecule has 0 N–H and O–H groups in total. The maximum absolute atomic E-state index is 12.9. The Morgan fingerprint density at radius 1 is 0.733 bits per heavy atom. The quantitative estimate of drug-likeness (QED) is 0.678. The van der Waals surface area contributed by atoms with Crippen molar-refractivity contribution in [1.29, 1.82) is 0 Å². The van der Waals surface area contributed by atoms with Gasteiger partial charge in [-0.3, -0.25) is 4.79 Å². The summed E-state index contributed by atoms with van der Waals surface area (Å²) in [5.41, 5.74) is 4.37. The fourth-order valence-electron chi connectivity index (χ4n) is 4.25. The van der Waals surface area contributed by atoms with Gasteiger partial charge in [0.1, 0.15) is 11.5 Å². The Labute approximate surface area is 176 Å². The SMILES string of the molecule is O=C(c1cnc(N2CCc3ccccc3C2)cn1)N1CCN(c2ccccc2)CC1. The first-order valence-electron chi connectivity index (χ1n) is 10.5. The van der Waals surface area contributed by atoms with Crippen LogP contribution in [0.4, 0.5) is 11.5 Å². The molecule has 2 aliphatic heterocycles. The average molecular weight is 399 g/mol. The first-order chi connectivity index (χ1) is 14.8. The van der Waals surface area contributed by atoms with Gasteiger partial charge in [-0.05, 0) is 29.7 Å². The molecule has 0 unspecified atom stereocenters. The average Bonchev–Trinajstić information content (AvgIpc) is 2.84. The lowest BCUT2D eigenvalue weighted by atomic mass is 10.0. The van der Waals surface area contributed by atoms with Crippen molar-refractivity contribution in [3.63, 3.8) is 0 Å². The standard InChI is InChI=1S/C24H25N5O/c30-24(28-14-12-27(13-15-28)21-8-2-1-3-9-21)22-16-26-23(17-25-22)29-11-10-19-6-4-5-7-20(19)18-29/h1-9,16-17H,10-15,18H2. The molecule has 1 amide bonds. The summed E-state index contributed by atoms with van der Waals surface area (Å²) in [7, 11) is 0. The lowest BCUT2D eigenvalue weighted by molar-refractivity contribution is 0.0740. The summed E-state index contributed by atoms with van der Waals surface area (Å²) < 4.78 is 0. The summed E-state index contributed by atoms with van der Waals surface area (Å²) >= 11 is 0. The molecule has 2 aromatic carbocycles. The van der Waals surface area contributed by atoms with Crippen molar-refractivity contribution >= 4 is 17.4 Å². The third-order valence-corrected chi connectivity index (χ3v) is 6.00. The van der Waals surface area contributed by atoms with Crippen molar-refractivity contribution in [1.82, 2.24) is 14.9 Å². The van der Waals surface area contributed by atoms with E-state index in [4.69, 9.17) is 0 Å². The smallest absolute Gasteiger partial charge is 0.274 e. The fraction of sp³-hybridized carbons (Fsp3) is 0.292. The lowest BCUT2D eigenvalue weighted by Crippen LogP contribution is -2.49. The number of fused-ring (bicyclic) bond motifs is 1. The maximum Gasteiger partial charge on any atom is 0.274 e. The first-order valence-corrected chi connectivity index (χ1v) is 10.5. The molecule has 0 aliphatic carbocycles. The summed E-state index contributed by atoms with van der Waals surface area (Å²) in [6.07, 6.45) is 4.37. The van der Waals surface area contributed by atoms with Gasteiger partial charge in [-0.2, -0.15) is 0 Å². The molecule has 6 heteroatoms. The van der Waals surface area contributed by atoms with E-state index in [1.807, 2.05) is 23.1 Å². The summed E-state index contributed by atoms with van der Waals surface area (Å²) in [6, 6.07) is 18.9. The van der Waals surface area contributed by atoms with Gasteiger partial charge in [0, 0.05) is 45.0 Å². The zero-order valence-electron chi connectivity index (χ0n) is 16.9. The second kappa shape index (κ2) is 8.14. The van der Waals surface area contributed by atoms with Crippen LogP contribution in [0.1, 0.15) is 21.6 Å². The lowest BCUT2D eigenvalue weighted by Gasteiger charge is -2.36. The van der Waals surface area contributed by atoms with Gasteiger partial charge in [0.05, 0.1) is 12.4 Å². The molecular formula is C24H25N5O. The van der Waals surface area contributed by atoms with Crippen LogP contribution in [0.5, 0.6) is 0 Å². The summed E-state index contributed by atoms with van der Waals surface area (Å²) in [4.78, 5) is 28.3. The van der Waals surface area contributed by atoms with Crippen LogP contribution in [0.25, 0.3) is 0 Å². The number of hydrogen-bond donors (Lipinski definition) is 0. The van der Waals surface area contributed by atoms with Gasteiger partial charge < -0.3 is 14.7 Å². The minimum absolute atomic E-state index is 0.0363. The van der Waals surface area contributed by atoms with Crippen LogP contribution in [-0.4, -0.2) is 53.5 Å². The first kappa shape index (κ1) is 18.6. The predicted octanol–water partition coefficient (Wildman–Crippen LogP) is 3.00. The Balaban J connectivity index is 1.21. The molecule has 6 nitrogen and oxygen atoms in total. The van der Waals surface area contributed by atoms with Gasteiger partial charge >= 0.3 is 0 Å². The molecule has 1 saturated heterocycles. The Kier molecular flexibility index (Phi) is 5.05. The van der Waals surface area contributed by atoms with E-state index in [1.54, 1.807) is 12.4 Å². The topological polar surface area (TPSA) is 52.6 Å². The van der Waals surface area contributed by atoms with E-state index in [1.165, 1.54) is 16.8 Å². The number of benzene rings is 2. The third-order valence-electron chi connectivity index (χ3n) is 6.00. The molecular weight excluding hydrogens is 374 g/mol. The van der Waals surface area contributed by atoms with Crippen molar-refractivity contribution in [2.45, 2.75) is 13.0 Å². The van der Waals surface area contributed by atoms with Crippen molar-refractivity contribution in [3.05, 3.63) is 83.8 Å². The number of amides is 1. The van der Waals surface area contributed by atoms with Crippen molar-refractivity contribution in [2.75, 3.05) is 42.5 Å². The Morgan fingerprint density at radius 3 is 2.20 bits per heavy atom. The van der Waals surface area contributed by atoms with E-state index in [9.17, 15) is 4.79 Å². The number of piperazine rings is 1. The summed E-state index contributed by atoms with van der Waals surface area (Å²) in [5, 5.41) is 0. The zero-order chi connectivity index (χ0) is 20.3. The molecule has 3 aromatic rings. The molecule has 152 valence electrons. The number of hydrogen-bond acceptors (Lipinski definition) is 5. The number of anilines is 2. The number of nitrogens with zero attached hydrogens (tertiary/aromatic N) is 5. The number of rotatable bonds is 3. The summed E-state index contributed by atoms with van der Waals surface area (Å²) in [6.45, 7) is 4.79. The zero-order valence-corrected chi connectivity index (χ0v) is 16.9. The third kappa shape index (κ3) is 3.73. The van der Waals surface area contributed by atoms with Crippen LogP contribution < -0.4 is 9.80 Å². The highest BCUT2D eigenvalue weighted by Crippen LogP contribution is 2.23. The van der Waals surface area contributed by atoms with E-state index < -0.39 is 0 Å². The Morgan fingerprint density at radius 2 is 1.47 bits per heavy atom. The van der Waals surface area contributed by atoms with Crippen molar-refractivity contribution < 1.29 is 4.79 Å².